The number of para-hydroxylation sites is 2. The Labute approximate surface area is 309 Å². The van der Waals surface area contributed by atoms with Gasteiger partial charge in [-0.3, -0.25) is 14.5 Å². The molecule has 5 rings (SSSR count). The number of nitrogens with two attached hydrogens (primary N) is 1. The number of imide groups is 1. The Bertz CT molecular complexity index is 2040. The average molecular weight is 752 g/mol. The van der Waals surface area contributed by atoms with E-state index in [4.69, 9.17) is 17.3 Å². The standard InChI is InChI=1S/C37H46ClN7O6S/c1-23(2)19-43(52(50,51)26-15-16-27(38)28(39)18-26)20-32(46)30(17-25-11-7-6-8-12-25)41-36(48)35(24(3)4)45-22-34(47)44(37(45)49)21-33-40-29-13-9-10-14-31(29)42(33)5/h6-16,18,23-24,30,32,35,46H,17,19-22,39H2,1-5H3,(H,41,48)/t30-,32-,35-/m0/s1. The number of urea groups is 1. The molecule has 1 aliphatic rings. The number of imidazole rings is 1. The summed E-state index contributed by atoms with van der Waals surface area (Å²) in [7, 11) is -2.33. The van der Waals surface area contributed by atoms with E-state index in [0.717, 1.165) is 21.5 Å². The summed E-state index contributed by atoms with van der Waals surface area (Å²) in [5, 5.41) is 14.9. The molecule has 278 valence electrons. The maximum Gasteiger partial charge on any atom is 0.328 e. The first-order chi connectivity index (χ1) is 24.6. The predicted octanol–water partition coefficient (Wildman–Crippen LogP) is 4.03. The number of halogens is 1. The minimum absolute atomic E-state index is 0.0689. The molecule has 52 heavy (non-hydrogen) atoms. The van der Waals surface area contributed by atoms with Crippen molar-refractivity contribution in [1.29, 1.82) is 0 Å². The molecule has 1 aliphatic heterocycles. The van der Waals surface area contributed by atoms with E-state index in [0.29, 0.717) is 5.82 Å². The molecule has 4 amide bonds. The second-order valence-electron chi connectivity index (χ2n) is 13.9. The highest BCUT2D eigenvalue weighted by Gasteiger charge is 2.45. The first kappa shape index (κ1) is 38.7. The zero-order chi connectivity index (χ0) is 37.9. The molecule has 2 heterocycles. The molecule has 0 bridgehead atoms. The molecular weight excluding hydrogens is 706 g/mol. The van der Waals surface area contributed by atoms with Gasteiger partial charge in [0.1, 0.15) is 18.4 Å². The summed E-state index contributed by atoms with van der Waals surface area (Å²) in [6, 6.07) is 18.0. The number of aromatic nitrogens is 2. The van der Waals surface area contributed by atoms with Gasteiger partial charge in [-0.15, -0.1) is 0 Å². The number of hydrogen-bond donors (Lipinski definition) is 3. The third kappa shape index (κ3) is 8.41. The Morgan fingerprint density at radius 2 is 1.69 bits per heavy atom. The van der Waals surface area contributed by atoms with Crippen LogP contribution in [0.15, 0.2) is 77.7 Å². The average Bonchev–Trinajstić information content (AvgIpc) is 3.55. The molecule has 13 nitrogen and oxygen atoms in total. The number of carbonyl (C=O) groups excluding carboxylic acids is 3. The summed E-state index contributed by atoms with van der Waals surface area (Å²) in [4.78, 5) is 48.2. The van der Waals surface area contributed by atoms with Crippen molar-refractivity contribution in [2.75, 3.05) is 25.4 Å². The van der Waals surface area contributed by atoms with Crippen LogP contribution in [0.2, 0.25) is 5.02 Å². The van der Waals surface area contributed by atoms with Crippen molar-refractivity contribution in [3.63, 3.8) is 0 Å². The highest BCUT2D eigenvalue weighted by Crippen LogP contribution is 2.27. The van der Waals surface area contributed by atoms with Crippen molar-refractivity contribution in [1.82, 2.24) is 29.0 Å². The van der Waals surface area contributed by atoms with Gasteiger partial charge in [-0.05, 0) is 54.2 Å². The summed E-state index contributed by atoms with van der Waals surface area (Å²) in [5.74, 6) is -1.05. The SMILES string of the molecule is CC(C)CN(C[C@H](O)[C@H](Cc1ccccc1)NC(=O)[C@H](C(C)C)N1CC(=O)N(Cc2nc3ccccc3n2C)C1=O)S(=O)(=O)c1ccc(Cl)c(N)c1. The van der Waals surface area contributed by atoms with Crippen molar-refractivity contribution in [2.45, 2.75) is 63.7 Å². The van der Waals surface area contributed by atoms with Gasteiger partial charge in [0.25, 0.3) is 5.91 Å². The number of carbonyl (C=O) groups is 3. The first-order valence-corrected chi connectivity index (χ1v) is 19.0. The van der Waals surface area contributed by atoms with Gasteiger partial charge in [-0.1, -0.05) is 81.8 Å². The lowest BCUT2D eigenvalue weighted by atomic mass is 9.97. The van der Waals surface area contributed by atoms with E-state index in [1.807, 2.05) is 80.1 Å². The number of aliphatic hydroxyl groups is 1. The smallest absolute Gasteiger partial charge is 0.328 e. The van der Waals surface area contributed by atoms with Gasteiger partial charge in [0.2, 0.25) is 15.9 Å². The normalized spacial score (nSPS) is 15.7. The zero-order valence-corrected chi connectivity index (χ0v) is 31.5. The molecule has 4 aromatic rings. The highest BCUT2D eigenvalue weighted by atomic mass is 35.5. The minimum Gasteiger partial charge on any atom is -0.397 e. The van der Waals surface area contributed by atoms with Gasteiger partial charge < -0.3 is 25.6 Å². The molecule has 1 fully saturated rings. The molecule has 0 aliphatic carbocycles. The maximum atomic E-state index is 14.2. The van der Waals surface area contributed by atoms with Crippen molar-refractivity contribution in [3.8, 4) is 0 Å². The molecule has 1 aromatic heterocycles. The summed E-state index contributed by atoms with van der Waals surface area (Å²) < 4.78 is 30.8. The highest BCUT2D eigenvalue weighted by molar-refractivity contribution is 7.89. The lowest BCUT2D eigenvalue weighted by Gasteiger charge is -2.34. The van der Waals surface area contributed by atoms with E-state index in [9.17, 15) is 27.9 Å². The van der Waals surface area contributed by atoms with Crippen LogP contribution in [0.1, 0.15) is 39.1 Å². The molecule has 1 saturated heterocycles. The Kier molecular flexibility index (Phi) is 11.9. The number of aliphatic hydroxyl groups excluding tert-OH is 1. The summed E-state index contributed by atoms with van der Waals surface area (Å²) in [6.07, 6.45) is -1.21. The van der Waals surface area contributed by atoms with Crippen LogP contribution in [-0.2, 0) is 39.6 Å². The van der Waals surface area contributed by atoms with Crippen molar-refractivity contribution in [3.05, 3.63) is 89.2 Å². The largest absolute Gasteiger partial charge is 0.397 e. The van der Waals surface area contributed by atoms with Gasteiger partial charge in [-0.2, -0.15) is 4.31 Å². The summed E-state index contributed by atoms with van der Waals surface area (Å²) >= 11 is 6.06. The van der Waals surface area contributed by atoms with Crippen LogP contribution < -0.4 is 11.1 Å². The predicted molar refractivity (Wildman–Crippen MR) is 200 cm³/mol. The number of amides is 4. The number of fused-ring (bicyclic) bond motifs is 1. The number of nitrogen functional groups attached to an aromatic ring is 1. The van der Waals surface area contributed by atoms with Crippen molar-refractivity contribution in [2.24, 2.45) is 18.9 Å². The van der Waals surface area contributed by atoms with Gasteiger partial charge in [0.15, 0.2) is 0 Å². The number of hydrogen-bond acceptors (Lipinski definition) is 8. The molecule has 3 atom stereocenters. The number of nitrogens with zero attached hydrogens (tertiary/aromatic N) is 5. The van der Waals surface area contributed by atoms with Gasteiger partial charge in [0.05, 0.1) is 45.3 Å². The molecule has 3 aromatic carbocycles. The van der Waals surface area contributed by atoms with Crippen LogP contribution in [0.3, 0.4) is 0 Å². The number of anilines is 1. The van der Waals surface area contributed by atoms with Gasteiger partial charge >= 0.3 is 6.03 Å². The number of aryl methyl sites for hydroxylation is 1. The van der Waals surface area contributed by atoms with E-state index < -0.39 is 52.0 Å². The molecule has 4 N–H and O–H groups in total. The molecular formula is C37H46ClN7O6S. The Hall–Kier alpha value is -4.50. The topological polar surface area (TPSA) is 171 Å². The Balaban J connectivity index is 1.39. The summed E-state index contributed by atoms with van der Waals surface area (Å²) in [6.45, 7) is 6.61. The monoisotopic (exact) mass is 751 g/mol. The van der Waals surface area contributed by atoms with Crippen LogP contribution in [0, 0.1) is 11.8 Å². The van der Waals surface area contributed by atoms with E-state index in [-0.39, 0.29) is 54.1 Å². The van der Waals surface area contributed by atoms with Crippen LogP contribution in [0.5, 0.6) is 0 Å². The quantitative estimate of drug-likeness (QED) is 0.121. The van der Waals surface area contributed by atoms with Crippen LogP contribution in [-0.4, -0.2) is 92.8 Å². The first-order valence-electron chi connectivity index (χ1n) is 17.2. The molecule has 0 saturated carbocycles. The lowest BCUT2D eigenvalue weighted by molar-refractivity contribution is -0.129. The number of sulfonamides is 1. The second-order valence-corrected chi connectivity index (χ2v) is 16.3. The van der Waals surface area contributed by atoms with Crippen LogP contribution in [0.4, 0.5) is 10.5 Å². The van der Waals surface area contributed by atoms with Crippen LogP contribution in [0.25, 0.3) is 11.0 Å². The maximum absolute atomic E-state index is 14.2. The zero-order valence-electron chi connectivity index (χ0n) is 29.9. The molecule has 15 heteroatoms. The Morgan fingerprint density at radius 3 is 2.33 bits per heavy atom. The molecule has 0 radical (unpaired) electrons. The van der Waals surface area contributed by atoms with Crippen molar-refractivity contribution >= 4 is 56.2 Å². The van der Waals surface area contributed by atoms with E-state index in [2.05, 4.69) is 10.3 Å². The number of rotatable bonds is 15. The van der Waals surface area contributed by atoms with Gasteiger partial charge in [-0.25, -0.2) is 18.2 Å². The lowest BCUT2D eigenvalue weighted by Crippen LogP contribution is -2.57. The second kappa shape index (κ2) is 16.0. The van der Waals surface area contributed by atoms with E-state index in [1.54, 1.807) is 13.8 Å². The third-order valence-electron chi connectivity index (χ3n) is 9.15. The molecule has 0 spiro atoms. The third-order valence-corrected chi connectivity index (χ3v) is 11.3. The fraction of sp³-hybridized carbons (Fsp3) is 0.405. The summed E-state index contributed by atoms with van der Waals surface area (Å²) in [5.41, 5.74) is 8.41. The van der Waals surface area contributed by atoms with Crippen molar-refractivity contribution < 1.29 is 27.9 Å². The van der Waals surface area contributed by atoms with Gasteiger partial charge in [0, 0.05) is 20.1 Å². The Morgan fingerprint density at radius 1 is 1.02 bits per heavy atom. The fourth-order valence-corrected chi connectivity index (χ4v) is 8.26. The molecule has 0 unspecified atom stereocenters. The van der Waals surface area contributed by atoms with E-state index >= 15 is 0 Å². The van der Waals surface area contributed by atoms with E-state index in [1.165, 1.54) is 27.4 Å². The number of benzene rings is 3. The minimum atomic E-state index is -4.15. The fourth-order valence-electron chi connectivity index (χ4n) is 6.48. The van der Waals surface area contributed by atoms with Crippen LogP contribution >= 0.6 is 11.6 Å². The number of nitrogens with one attached hydrogen (secondary N) is 1.